The van der Waals surface area contributed by atoms with E-state index in [4.69, 9.17) is 0 Å². The van der Waals surface area contributed by atoms with Crippen molar-refractivity contribution in [3.05, 3.63) is 54.2 Å². The molecule has 122 valence electrons. The average molecular weight is 314 g/mol. The van der Waals surface area contributed by atoms with Crippen molar-refractivity contribution in [1.82, 2.24) is 14.9 Å². The minimum Gasteiger partial charge on any atom is -0.354 e. The molecule has 0 saturated carbocycles. The largest absolute Gasteiger partial charge is 0.354 e. The Balaban J connectivity index is 1.57. The van der Waals surface area contributed by atoms with Gasteiger partial charge in [-0.1, -0.05) is 6.07 Å². The van der Waals surface area contributed by atoms with Crippen LogP contribution in [-0.2, 0) is 6.54 Å². The maximum Gasteiger partial charge on any atom is 0.165 e. The van der Waals surface area contributed by atoms with E-state index in [0.717, 1.165) is 32.6 Å². The highest BCUT2D eigenvalue weighted by atomic mass is 19.1. The Hall–Kier alpha value is -2.01. The van der Waals surface area contributed by atoms with Gasteiger partial charge in [0.15, 0.2) is 11.6 Å². The van der Waals surface area contributed by atoms with Crippen molar-refractivity contribution in [2.24, 2.45) is 5.92 Å². The standard InChI is InChI=1S/C18H23FN4/c1-22(12-15-5-2-8-20-11-15)13-16-6-4-10-23(14-16)18-17(19)7-3-9-21-18/h2-3,5,7-9,11,16H,4,6,10,12-14H2,1H3/t16-/m1/s1. The van der Waals surface area contributed by atoms with Gasteiger partial charge in [-0.25, -0.2) is 9.37 Å². The summed E-state index contributed by atoms with van der Waals surface area (Å²) in [4.78, 5) is 12.8. The molecule has 1 saturated heterocycles. The van der Waals surface area contributed by atoms with Gasteiger partial charge in [0.2, 0.25) is 0 Å². The van der Waals surface area contributed by atoms with E-state index < -0.39 is 0 Å². The molecule has 1 aliphatic heterocycles. The average Bonchev–Trinajstić information content (AvgIpc) is 2.56. The van der Waals surface area contributed by atoms with Crippen LogP contribution in [0.4, 0.5) is 10.2 Å². The number of pyridine rings is 2. The fraction of sp³-hybridized carbons (Fsp3) is 0.444. The van der Waals surface area contributed by atoms with E-state index >= 15 is 0 Å². The van der Waals surface area contributed by atoms with Gasteiger partial charge >= 0.3 is 0 Å². The van der Waals surface area contributed by atoms with Gasteiger partial charge in [-0.05, 0) is 49.6 Å². The molecule has 1 aliphatic rings. The van der Waals surface area contributed by atoms with Crippen molar-refractivity contribution in [3.8, 4) is 0 Å². The molecular formula is C18H23FN4. The molecule has 0 N–H and O–H groups in total. The van der Waals surface area contributed by atoms with Crippen LogP contribution >= 0.6 is 0 Å². The molecule has 1 fully saturated rings. The molecule has 0 aromatic carbocycles. The first-order valence-electron chi connectivity index (χ1n) is 8.15. The van der Waals surface area contributed by atoms with Gasteiger partial charge in [0.25, 0.3) is 0 Å². The Morgan fingerprint density at radius 2 is 2.17 bits per heavy atom. The fourth-order valence-corrected chi connectivity index (χ4v) is 3.33. The minimum absolute atomic E-state index is 0.225. The summed E-state index contributed by atoms with van der Waals surface area (Å²) in [6, 6.07) is 7.19. The van der Waals surface area contributed by atoms with Crippen LogP contribution < -0.4 is 4.90 Å². The monoisotopic (exact) mass is 314 g/mol. The first-order chi connectivity index (χ1) is 11.2. The quantitative estimate of drug-likeness (QED) is 0.849. The van der Waals surface area contributed by atoms with Crippen molar-refractivity contribution in [2.45, 2.75) is 19.4 Å². The van der Waals surface area contributed by atoms with Gasteiger partial charge in [0, 0.05) is 44.8 Å². The molecule has 5 heteroatoms. The third kappa shape index (κ3) is 4.26. The van der Waals surface area contributed by atoms with Crippen molar-refractivity contribution in [3.63, 3.8) is 0 Å². The van der Waals surface area contributed by atoms with Crippen LogP contribution in [0.25, 0.3) is 0 Å². The van der Waals surface area contributed by atoms with Crippen LogP contribution in [0.5, 0.6) is 0 Å². The van der Waals surface area contributed by atoms with Crippen LogP contribution in [0.3, 0.4) is 0 Å². The summed E-state index contributed by atoms with van der Waals surface area (Å²) < 4.78 is 13.9. The summed E-state index contributed by atoms with van der Waals surface area (Å²) in [5.74, 6) is 0.802. The molecule has 0 unspecified atom stereocenters. The summed E-state index contributed by atoms with van der Waals surface area (Å²) in [5, 5.41) is 0. The Bertz CT molecular complexity index is 619. The Morgan fingerprint density at radius 1 is 1.30 bits per heavy atom. The maximum absolute atomic E-state index is 13.9. The summed E-state index contributed by atoms with van der Waals surface area (Å²) in [7, 11) is 2.13. The summed E-state index contributed by atoms with van der Waals surface area (Å²) in [6.45, 7) is 3.64. The first-order valence-corrected chi connectivity index (χ1v) is 8.15. The van der Waals surface area contributed by atoms with Crippen LogP contribution in [0.15, 0.2) is 42.9 Å². The minimum atomic E-state index is -0.225. The lowest BCUT2D eigenvalue weighted by atomic mass is 9.97. The zero-order chi connectivity index (χ0) is 16.1. The Morgan fingerprint density at radius 3 is 2.96 bits per heavy atom. The maximum atomic E-state index is 13.9. The van der Waals surface area contributed by atoms with Gasteiger partial charge in [-0.15, -0.1) is 0 Å². The topological polar surface area (TPSA) is 32.3 Å². The smallest absolute Gasteiger partial charge is 0.165 e. The molecule has 2 aromatic heterocycles. The van der Waals surface area contributed by atoms with Gasteiger partial charge in [0.05, 0.1) is 0 Å². The molecule has 23 heavy (non-hydrogen) atoms. The molecule has 0 aliphatic carbocycles. The van der Waals surface area contributed by atoms with E-state index in [1.54, 1.807) is 18.5 Å². The molecule has 4 nitrogen and oxygen atoms in total. The number of hydrogen-bond acceptors (Lipinski definition) is 4. The zero-order valence-electron chi connectivity index (χ0n) is 13.5. The summed E-state index contributed by atoms with van der Waals surface area (Å²) in [6.07, 6.45) is 7.64. The normalized spacial score (nSPS) is 18.4. The molecule has 1 atom stereocenters. The highest BCUT2D eigenvalue weighted by Crippen LogP contribution is 2.24. The Labute approximate surface area is 137 Å². The van der Waals surface area contributed by atoms with Gasteiger partial charge in [-0.3, -0.25) is 4.98 Å². The number of nitrogens with zero attached hydrogens (tertiary/aromatic N) is 4. The van der Waals surface area contributed by atoms with Crippen molar-refractivity contribution in [1.29, 1.82) is 0 Å². The number of rotatable bonds is 5. The predicted molar refractivity (Wildman–Crippen MR) is 89.7 cm³/mol. The van der Waals surface area contributed by atoms with Crippen molar-refractivity contribution < 1.29 is 4.39 Å². The van der Waals surface area contributed by atoms with E-state index in [1.165, 1.54) is 18.1 Å². The SMILES string of the molecule is CN(Cc1cccnc1)C[C@H]1CCCN(c2ncccc2F)C1. The zero-order valence-corrected chi connectivity index (χ0v) is 13.5. The number of hydrogen-bond donors (Lipinski definition) is 0. The molecule has 0 radical (unpaired) electrons. The van der Waals surface area contributed by atoms with Gasteiger partial charge in [0.1, 0.15) is 0 Å². The highest BCUT2D eigenvalue weighted by Gasteiger charge is 2.23. The van der Waals surface area contributed by atoms with E-state index in [9.17, 15) is 4.39 Å². The van der Waals surface area contributed by atoms with E-state index in [1.807, 2.05) is 12.3 Å². The van der Waals surface area contributed by atoms with E-state index in [-0.39, 0.29) is 5.82 Å². The van der Waals surface area contributed by atoms with Crippen LogP contribution in [0.2, 0.25) is 0 Å². The van der Waals surface area contributed by atoms with Crippen LogP contribution in [-0.4, -0.2) is 41.5 Å². The molecule has 0 bridgehead atoms. The third-order valence-electron chi connectivity index (χ3n) is 4.30. The fourth-order valence-electron chi connectivity index (χ4n) is 3.33. The molecule has 0 spiro atoms. The van der Waals surface area contributed by atoms with Crippen molar-refractivity contribution in [2.75, 3.05) is 31.6 Å². The molecule has 3 heterocycles. The van der Waals surface area contributed by atoms with Crippen molar-refractivity contribution >= 4 is 5.82 Å². The second kappa shape index (κ2) is 7.51. The summed E-state index contributed by atoms with van der Waals surface area (Å²) >= 11 is 0. The Kier molecular flexibility index (Phi) is 5.18. The molecule has 0 amide bonds. The number of piperidine rings is 1. The number of aromatic nitrogens is 2. The molecule has 3 rings (SSSR count). The van der Waals surface area contributed by atoms with Crippen LogP contribution in [0, 0.1) is 11.7 Å². The second-order valence-corrected chi connectivity index (χ2v) is 6.32. The molecular weight excluding hydrogens is 291 g/mol. The lowest BCUT2D eigenvalue weighted by Crippen LogP contribution is -2.40. The second-order valence-electron chi connectivity index (χ2n) is 6.32. The highest BCUT2D eigenvalue weighted by molar-refractivity contribution is 5.40. The van der Waals surface area contributed by atoms with E-state index in [2.05, 4.69) is 32.9 Å². The number of halogens is 1. The van der Waals surface area contributed by atoms with E-state index in [0.29, 0.717) is 11.7 Å². The lowest BCUT2D eigenvalue weighted by molar-refractivity contribution is 0.247. The third-order valence-corrected chi connectivity index (χ3v) is 4.30. The summed E-state index contributed by atoms with van der Waals surface area (Å²) in [5.41, 5.74) is 1.22. The first kappa shape index (κ1) is 15.9. The van der Waals surface area contributed by atoms with Gasteiger partial charge < -0.3 is 9.80 Å². The predicted octanol–water partition coefficient (Wildman–Crippen LogP) is 2.96. The molecule has 2 aromatic rings. The lowest BCUT2D eigenvalue weighted by Gasteiger charge is -2.35. The van der Waals surface area contributed by atoms with Gasteiger partial charge in [-0.2, -0.15) is 0 Å². The number of anilines is 1. The van der Waals surface area contributed by atoms with Crippen LogP contribution in [0.1, 0.15) is 18.4 Å².